The number of benzene rings is 1. The number of ketones is 1. The van der Waals surface area contributed by atoms with E-state index >= 15 is 0 Å². The molecule has 1 aromatic carbocycles. The first-order valence-corrected chi connectivity index (χ1v) is 6.60. The van der Waals surface area contributed by atoms with E-state index in [0.717, 1.165) is 0 Å². The molecule has 3 N–H and O–H groups in total. The summed E-state index contributed by atoms with van der Waals surface area (Å²) in [7, 11) is 1.48. The molecule has 1 aromatic heterocycles. The van der Waals surface area contributed by atoms with Gasteiger partial charge >= 0.3 is 0 Å². The zero-order valence-corrected chi connectivity index (χ0v) is 11.8. The van der Waals surface area contributed by atoms with E-state index < -0.39 is 0 Å². The van der Waals surface area contributed by atoms with Crippen LogP contribution >= 0.6 is 11.3 Å². The zero-order chi connectivity index (χ0) is 14.7. The number of anilines is 2. The molecule has 0 aliphatic rings. The summed E-state index contributed by atoms with van der Waals surface area (Å²) >= 11 is 1.19. The average Bonchev–Trinajstić information content (AvgIpc) is 2.88. The second-order valence-electron chi connectivity index (χ2n) is 4.00. The highest BCUT2D eigenvalue weighted by Gasteiger charge is 2.12. The predicted molar refractivity (Wildman–Crippen MR) is 77.5 cm³/mol. The van der Waals surface area contributed by atoms with Gasteiger partial charge in [-0.2, -0.15) is 0 Å². The van der Waals surface area contributed by atoms with E-state index in [1.807, 2.05) is 0 Å². The van der Waals surface area contributed by atoms with Crippen LogP contribution in [0.15, 0.2) is 23.6 Å². The highest BCUT2D eigenvalue weighted by Crippen LogP contribution is 2.23. The van der Waals surface area contributed by atoms with Crippen LogP contribution in [0.25, 0.3) is 0 Å². The molecular weight excluding hydrogens is 278 g/mol. The maximum Gasteiger partial charge on any atom is 0.257 e. The fraction of sp³-hybridized carbons (Fsp3) is 0.154. The van der Waals surface area contributed by atoms with Crippen LogP contribution in [0.1, 0.15) is 27.8 Å². The number of methoxy groups -OCH3 is 1. The van der Waals surface area contributed by atoms with E-state index in [1.165, 1.54) is 25.4 Å². The van der Waals surface area contributed by atoms with E-state index in [9.17, 15) is 9.59 Å². The number of carbonyl (C=O) groups is 2. The van der Waals surface area contributed by atoms with Crippen molar-refractivity contribution in [1.82, 2.24) is 4.98 Å². The van der Waals surface area contributed by atoms with Crippen molar-refractivity contribution < 1.29 is 14.3 Å². The molecule has 104 valence electrons. The number of nitrogens with one attached hydrogen (secondary N) is 1. The largest absolute Gasteiger partial charge is 0.495 e. The Hall–Kier alpha value is -2.41. The average molecular weight is 291 g/mol. The van der Waals surface area contributed by atoms with Crippen LogP contribution in [0.4, 0.5) is 10.8 Å². The van der Waals surface area contributed by atoms with Crippen molar-refractivity contribution in [1.29, 1.82) is 0 Å². The molecule has 7 heteroatoms. The summed E-state index contributed by atoms with van der Waals surface area (Å²) in [5.41, 5.74) is 6.87. The first-order valence-electron chi connectivity index (χ1n) is 5.72. The Kier molecular flexibility index (Phi) is 3.99. The van der Waals surface area contributed by atoms with Gasteiger partial charge in [-0.1, -0.05) is 0 Å². The quantitative estimate of drug-likeness (QED) is 0.665. The molecule has 6 nitrogen and oxygen atoms in total. The smallest absolute Gasteiger partial charge is 0.257 e. The van der Waals surface area contributed by atoms with Crippen LogP contribution < -0.4 is 15.8 Å². The molecule has 0 radical (unpaired) electrons. The number of Topliss-reactive ketones (excluding diaryl/α,β-unsaturated/α-hetero) is 1. The molecule has 1 heterocycles. The van der Waals surface area contributed by atoms with Crippen LogP contribution in [-0.4, -0.2) is 23.8 Å². The van der Waals surface area contributed by atoms with Gasteiger partial charge in [0.05, 0.1) is 12.8 Å². The first kappa shape index (κ1) is 14.0. The lowest BCUT2D eigenvalue weighted by atomic mass is 10.2. The van der Waals surface area contributed by atoms with Gasteiger partial charge in [-0.05, 0) is 18.2 Å². The van der Waals surface area contributed by atoms with Gasteiger partial charge in [-0.25, -0.2) is 4.98 Å². The number of nitrogens with two attached hydrogens (primary N) is 1. The molecule has 1 amide bonds. The number of hydrogen-bond donors (Lipinski definition) is 2. The lowest BCUT2D eigenvalue weighted by Crippen LogP contribution is -2.12. The standard InChI is InChI=1S/C13H13N3O3S/c1-7(17)10-6-20-13(15-10)16-12(18)8-3-4-9(14)11(5-8)19-2/h3-6H,14H2,1-2H3,(H,15,16,18). The molecule has 0 saturated carbocycles. The summed E-state index contributed by atoms with van der Waals surface area (Å²) in [5.74, 6) is -0.0510. The Morgan fingerprint density at radius 2 is 2.15 bits per heavy atom. The fourth-order valence-electron chi connectivity index (χ4n) is 1.51. The van der Waals surface area contributed by atoms with Gasteiger partial charge in [0.1, 0.15) is 11.4 Å². The second kappa shape index (κ2) is 5.70. The maximum absolute atomic E-state index is 12.0. The van der Waals surface area contributed by atoms with Gasteiger partial charge in [0.15, 0.2) is 10.9 Å². The predicted octanol–water partition coefficient (Wildman–Crippen LogP) is 2.19. The van der Waals surface area contributed by atoms with Gasteiger partial charge in [-0.3, -0.25) is 14.9 Å². The lowest BCUT2D eigenvalue weighted by molar-refractivity contribution is 0.100. The molecule has 0 bridgehead atoms. The van der Waals surface area contributed by atoms with Crippen molar-refractivity contribution in [2.75, 3.05) is 18.2 Å². The number of hydrogen-bond acceptors (Lipinski definition) is 6. The van der Waals surface area contributed by atoms with Crippen LogP contribution in [-0.2, 0) is 0 Å². The molecule has 20 heavy (non-hydrogen) atoms. The van der Waals surface area contributed by atoms with E-state index in [0.29, 0.717) is 27.8 Å². The number of ether oxygens (including phenoxy) is 1. The summed E-state index contributed by atoms with van der Waals surface area (Å²) in [4.78, 5) is 27.2. The van der Waals surface area contributed by atoms with Crippen LogP contribution in [0.5, 0.6) is 5.75 Å². The van der Waals surface area contributed by atoms with E-state index in [-0.39, 0.29) is 11.7 Å². The van der Waals surface area contributed by atoms with Crippen LogP contribution in [0.3, 0.4) is 0 Å². The molecule has 0 aliphatic heterocycles. The Balaban J connectivity index is 2.17. The number of thiazole rings is 1. The molecule has 0 saturated heterocycles. The third-order valence-corrected chi connectivity index (χ3v) is 3.34. The minimum atomic E-state index is -0.340. The van der Waals surface area contributed by atoms with Crippen LogP contribution in [0.2, 0.25) is 0 Å². The van der Waals surface area contributed by atoms with Gasteiger partial charge < -0.3 is 10.5 Å². The van der Waals surface area contributed by atoms with Crippen molar-refractivity contribution in [2.45, 2.75) is 6.92 Å². The van der Waals surface area contributed by atoms with Gasteiger partial charge in [0, 0.05) is 17.9 Å². The molecule has 2 rings (SSSR count). The van der Waals surface area contributed by atoms with E-state index in [1.54, 1.807) is 23.6 Å². The second-order valence-corrected chi connectivity index (χ2v) is 4.86. The summed E-state index contributed by atoms with van der Waals surface area (Å²) in [6.45, 7) is 1.42. The number of aromatic nitrogens is 1. The molecule has 0 atom stereocenters. The molecule has 2 aromatic rings. The first-order chi connectivity index (χ1) is 9.51. The summed E-state index contributed by atoms with van der Waals surface area (Å²) in [6, 6.07) is 4.73. The normalized spacial score (nSPS) is 10.1. The monoisotopic (exact) mass is 291 g/mol. The molecule has 0 fully saturated rings. The topological polar surface area (TPSA) is 94.3 Å². The highest BCUT2D eigenvalue weighted by molar-refractivity contribution is 7.14. The lowest BCUT2D eigenvalue weighted by Gasteiger charge is -2.07. The zero-order valence-electron chi connectivity index (χ0n) is 11.0. The SMILES string of the molecule is COc1cc(C(=O)Nc2nc(C(C)=O)cs2)ccc1N. The number of carbonyl (C=O) groups excluding carboxylic acids is 2. The molecule has 0 spiro atoms. The number of nitrogens with zero attached hydrogens (tertiary/aromatic N) is 1. The Bertz CT molecular complexity index is 667. The van der Waals surface area contributed by atoms with Crippen molar-refractivity contribution in [3.63, 3.8) is 0 Å². The Morgan fingerprint density at radius 3 is 2.75 bits per heavy atom. The number of nitrogen functional groups attached to an aromatic ring is 1. The minimum absolute atomic E-state index is 0.143. The highest BCUT2D eigenvalue weighted by atomic mass is 32.1. The van der Waals surface area contributed by atoms with Gasteiger partial charge in [0.25, 0.3) is 5.91 Å². The Labute approximate surface area is 119 Å². The van der Waals surface area contributed by atoms with Gasteiger partial charge in [0.2, 0.25) is 0 Å². The van der Waals surface area contributed by atoms with Crippen molar-refractivity contribution in [2.24, 2.45) is 0 Å². The minimum Gasteiger partial charge on any atom is -0.495 e. The number of rotatable bonds is 4. The summed E-state index contributed by atoms with van der Waals surface area (Å²) in [5, 5.41) is 4.59. The van der Waals surface area contributed by atoms with E-state index in [2.05, 4.69) is 10.3 Å². The molecule has 0 aliphatic carbocycles. The third kappa shape index (κ3) is 2.94. The molecule has 0 unspecified atom stereocenters. The van der Waals surface area contributed by atoms with Crippen molar-refractivity contribution >= 4 is 33.8 Å². The fourth-order valence-corrected chi connectivity index (χ4v) is 2.26. The van der Waals surface area contributed by atoms with Crippen molar-refractivity contribution in [3.05, 3.63) is 34.8 Å². The molecular formula is C13H13N3O3S. The summed E-state index contributed by atoms with van der Waals surface area (Å²) < 4.78 is 5.06. The van der Waals surface area contributed by atoms with E-state index in [4.69, 9.17) is 10.5 Å². The van der Waals surface area contributed by atoms with Crippen molar-refractivity contribution in [3.8, 4) is 5.75 Å². The summed E-state index contributed by atoms with van der Waals surface area (Å²) in [6.07, 6.45) is 0. The van der Waals surface area contributed by atoms with Crippen LogP contribution in [0, 0.1) is 0 Å². The Morgan fingerprint density at radius 1 is 1.40 bits per heavy atom. The maximum atomic E-state index is 12.0. The third-order valence-electron chi connectivity index (χ3n) is 2.58. The number of amides is 1. The van der Waals surface area contributed by atoms with Gasteiger partial charge in [-0.15, -0.1) is 11.3 Å².